The Morgan fingerprint density at radius 1 is 0.338 bits per heavy atom. The van der Waals surface area contributed by atoms with Gasteiger partial charge in [-0.1, -0.05) is 164 Å². The van der Waals surface area contributed by atoms with Crippen LogP contribution in [-0.2, 0) is 5.41 Å². The van der Waals surface area contributed by atoms with Crippen molar-refractivity contribution in [3.8, 4) is 67.5 Å². The van der Waals surface area contributed by atoms with Crippen LogP contribution in [0, 0.1) is 0 Å². The molecule has 0 saturated carbocycles. The Labute approximate surface area is 380 Å². The number of hydrogen-bond donors (Lipinski definition) is 0. The van der Waals surface area contributed by atoms with Gasteiger partial charge in [-0.2, -0.15) is 0 Å². The van der Waals surface area contributed by atoms with Crippen LogP contribution in [0.15, 0.2) is 224 Å². The molecule has 10 aromatic carbocycles. The lowest BCUT2D eigenvalue weighted by molar-refractivity contribution is 0.360. The van der Waals surface area contributed by atoms with Crippen molar-refractivity contribution < 1.29 is 9.47 Å². The van der Waals surface area contributed by atoms with Gasteiger partial charge in [-0.15, -0.1) is 11.3 Å². The summed E-state index contributed by atoms with van der Waals surface area (Å²) in [4.78, 5) is 2.30. The van der Waals surface area contributed by atoms with Crippen molar-refractivity contribution in [3.05, 3.63) is 247 Å². The normalized spacial score (nSPS) is 13.3. The first-order chi connectivity index (χ1) is 32.2. The molecular weight excluding hydrogens is 811 g/mol. The van der Waals surface area contributed by atoms with E-state index in [-0.39, 0.29) is 0 Å². The van der Waals surface area contributed by atoms with Crippen LogP contribution in [0.1, 0.15) is 22.3 Å². The summed E-state index contributed by atoms with van der Waals surface area (Å²) in [6.45, 7) is 0. The van der Waals surface area contributed by atoms with Gasteiger partial charge in [-0.25, -0.2) is 0 Å². The third kappa shape index (κ3) is 5.29. The molecule has 0 amide bonds. The highest BCUT2D eigenvalue weighted by atomic mass is 32.1. The number of hydrogen-bond acceptors (Lipinski definition) is 4. The molecule has 11 aromatic rings. The maximum atomic E-state index is 7.18. The molecule has 2 aliphatic carbocycles. The lowest BCUT2D eigenvalue weighted by Crippen LogP contribution is -2.25. The van der Waals surface area contributed by atoms with Gasteiger partial charge in [-0.05, 0) is 116 Å². The van der Waals surface area contributed by atoms with Crippen LogP contribution in [0.2, 0.25) is 0 Å². The van der Waals surface area contributed by atoms with Crippen molar-refractivity contribution in [3.63, 3.8) is 0 Å². The smallest absolute Gasteiger partial charge is 0.178 e. The zero-order valence-corrected chi connectivity index (χ0v) is 35.9. The van der Waals surface area contributed by atoms with Crippen molar-refractivity contribution in [2.75, 3.05) is 4.90 Å². The molecule has 3 aliphatic rings. The highest BCUT2D eigenvalue weighted by molar-refractivity contribution is 7.25. The molecule has 0 radical (unpaired) electrons. The van der Waals surface area contributed by atoms with Gasteiger partial charge in [0.1, 0.15) is 0 Å². The van der Waals surface area contributed by atoms with E-state index in [1.807, 2.05) is 17.4 Å². The summed E-state index contributed by atoms with van der Waals surface area (Å²) in [6.07, 6.45) is 0. The van der Waals surface area contributed by atoms with Crippen LogP contribution in [0.3, 0.4) is 0 Å². The van der Waals surface area contributed by atoms with Gasteiger partial charge < -0.3 is 14.4 Å². The molecule has 0 fully saturated rings. The Morgan fingerprint density at radius 2 is 0.877 bits per heavy atom. The fourth-order valence-electron chi connectivity index (χ4n) is 10.9. The van der Waals surface area contributed by atoms with E-state index in [1.54, 1.807) is 0 Å². The number of nitrogens with zero attached hydrogens (tertiary/aromatic N) is 1. The van der Waals surface area contributed by atoms with Crippen LogP contribution < -0.4 is 14.4 Å². The Bertz CT molecular complexity index is 3670. The van der Waals surface area contributed by atoms with E-state index in [4.69, 9.17) is 9.47 Å². The predicted molar refractivity (Wildman–Crippen MR) is 268 cm³/mol. The van der Waals surface area contributed by atoms with E-state index in [0.29, 0.717) is 17.2 Å². The average Bonchev–Trinajstić information content (AvgIpc) is 4.00. The van der Waals surface area contributed by atoms with Crippen molar-refractivity contribution in [2.45, 2.75) is 5.41 Å². The maximum absolute atomic E-state index is 7.18. The molecular formula is C61H37NO2S. The molecule has 304 valence electrons. The van der Waals surface area contributed by atoms with E-state index in [1.165, 1.54) is 81.4 Å². The number of rotatable bonds is 5. The van der Waals surface area contributed by atoms with E-state index in [0.717, 1.165) is 28.4 Å². The monoisotopic (exact) mass is 847 g/mol. The van der Waals surface area contributed by atoms with Gasteiger partial charge in [0.15, 0.2) is 23.0 Å². The fraction of sp³-hybridized carbons (Fsp3) is 0.0164. The molecule has 1 spiro atoms. The Balaban J connectivity index is 0.882. The molecule has 65 heavy (non-hydrogen) atoms. The predicted octanol–water partition coefficient (Wildman–Crippen LogP) is 17.1. The molecule has 1 aromatic heterocycles. The minimum absolute atomic E-state index is 0.474. The number of benzene rings is 10. The summed E-state index contributed by atoms with van der Waals surface area (Å²) in [6, 6.07) is 81.1. The van der Waals surface area contributed by atoms with Crippen molar-refractivity contribution in [1.82, 2.24) is 0 Å². The first-order valence-corrected chi connectivity index (χ1v) is 23.0. The van der Waals surface area contributed by atoms with Gasteiger partial charge in [0.25, 0.3) is 0 Å². The van der Waals surface area contributed by atoms with Gasteiger partial charge in [0.05, 0.1) is 11.1 Å². The first-order valence-electron chi connectivity index (χ1n) is 22.1. The molecule has 0 N–H and O–H groups in total. The second kappa shape index (κ2) is 13.9. The van der Waals surface area contributed by atoms with E-state index >= 15 is 0 Å². The lowest BCUT2D eigenvalue weighted by atomic mass is 9.70. The second-order valence-corrected chi connectivity index (χ2v) is 18.2. The van der Waals surface area contributed by atoms with Gasteiger partial charge in [-0.3, -0.25) is 0 Å². The molecule has 1 aliphatic heterocycles. The topological polar surface area (TPSA) is 21.7 Å². The Kier molecular flexibility index (Phi) is 7.77. The zero-order chi connectivity index (χ0) is 42.6. The van der Waals surface area contributed by atoms with Crippen LogP contribution in [0.4, 0.5) is 17.1 Å². The lowest BCUT2D eigenvalue weighted by Gasteiger charge is -2.31. The van der Waals surface area contributed by atoms with Crippen molar-refractivity contribution in [1.29, 1.82) is 0 Å². The van der Waals surface area contributed by atoms with Crippen molar-refractivity contribution >= 4 is 48.6 Å². The summed E-state index contributed by atoms with van der Waals surface area (Å²) >= 11 is 1.85. The summed E-state index contributed by atoms with van der Waals surface area (Å²) < 4.78 is 16.6. The molecule has 0 atom stereocenters. The first kappa shape index (κ1) is 36.3. The third-order valence-electron chi connectivity index (χ3n) is 13.8. The molecule has 2 heterocycles. The summed E-state index contributed by atoms with van der Waals surface area (Å²) in [7, 11) is 0. The Hall–Kier alpha value is -8.18. The zero-order valence-electron chi connectivity index (χ0n) is 35.0. The Morgan fingerprint density at radius 3 is 1.60 bits per heavy atom. The van der Waals surface area contributed by atoms with Crippen LogP contribution >= 0.6 is 11.3 Å². The highest BCUT2D eigenvalue weighted by Crippen LogP contribution is 2.66. The molecule has 3 nitrogen and oxygen atoms in total. The number of fused-ring (bicyclic) bond motifs is 16. The van der Waals surface area contributed by atoms with Crippen LogP contribution in [-0.4, -0.2) is 0 Å². The molecule has 0 unspecified atom stereocenters. The van der Waals surface area contributed by atoms with Gasteiger partial charge in [0, 0.05) is 43.2 Å². The quantitative estimate of drug-likeness (QED) is 0.172. The standard InChI is InChI=1S/C61H37NO2S/c1-2-12-38(13-3-1)39-22-27-42(28-23-39)62(43-29-24-40(25-30-43)41-26-32-48-47-16-7-11-21-57(47)65-58(48)36-41)44-31-34-54-56(37-44)64-60-55(63-54)35-33-53-59(60)49-17-6-10-20-52(49)61(53)50-18-8-4-14-45(50)46-15-5-9-19-51(46)61/h1-37H. The number of thiophene rings is 1. The summed E-state index contributed by atoms with van der Waals surface area (Å²) in [5.41, 5.74) is 17.2. The van der Waals surface area contributed by atoms with E-state index in [2.05, 4.69) is 223 Å². The summed E-state index contributed by atoms with van der Waals surface area (Å²) in [5, 5.41) is 2.62. The molecule has 4 heteroatoms. The van der Waals surface area contributed by atoms with Gasteiger partial charge >= 0.3 is 0 Å². The SMILES string of the molecule is c1ccc(-c2ccc(N(c3ccc(-c4ccc5c(c4)sc4ccccc45)cc3)c3ccc4c(c3)Oc3c(ccc5c3-c3ccccc3C53c5ccccc5-c5ccccc53)O4)cc2)cc1. The minimum Gasteiger partial charge on any atom is -0.449 e. The molecule has 14 rings (SSSR count). The van der Waals surface area contributed by atoms with Crippen LogP contribution in [0.25, 0.3) is 64.7 Å². The maximum Gasteiger partial charge on any atom is 0.178 e. The van der Waals surface area contributed by atoms with Crippen LogP contribution in [0.5, 0.6) is 23.0 Å². The van der Waals surface area contributed by atoms with Gasteiger partial charge in [0.2, 0.25) is 0 Å². The number of anilines is 3. The fourth-order valence-corrected chi connectivity index (χ4v) is 12.1. The number of ether oxygens (including phenoxy) is 2. The minimum atomic E-state index is -0.474. The molecule has 0 bridgehead atoms. The molecule has 0 saturated heterocycles. The summed E-state index contributed by atoms with van der Waals surface area (Å²) in [5.74, 6) is 2.82. The van der Waals surface area contributed by atoms with Crippen molar-refractivity contribution in [2.24, 2.45) is 0 Å². The third-order valence-corrected chi connectivity index (χ3v) is 14.9. The second-order valence-electron chi connectivity index (χ2n) is 17.1. The van der Waals surface area contributed by atoms with E-state index < -0.39 is 5.41 Å². The average molecular weight is 848 g/mol. The largest absolute Gasteiger partial charge is 0.449 e. The van der Waals surface area contributed by atoms with E-state index in [9.17, 15) is 0 Å². The highest BCUT2D eigenvalue weighted by Gasteiger charge is 2.53.